The van der Waals surface area contributed by atoms with Crippen molar-refractivity contribution in [2.45, 2.75) is 38.3 Å². The van der Waals surface area contributed by atoms with Gasteiger partial charge in [-0.3, -0.25) is 0 Å². The summed E-state index contributed by atoms with van der Waals surface area (Å²) >= 11 is 0. The van der Waals surface area contributed by atoms with Crippen molar-refractivity contribution < 1.29 is 4.74 Å². The summed E-state index contributed by atoms with van der Waals surface area (Å²) in [6.45, 7) is 3.06. The van der Waals surface area contributed by atoms with Crippen LogP contribution in [0.4, 0.5) is 0 Å². The number of aromatic amines is 1. The first kappa shape index (κ1) is 13.7. The summed E-state index contributed by atoms with van der Waals surface area (Å²) in [6, 6.07) is 8.66. The van der Waals surface area contributed by atoms with E-state index in [9.17, 15) is 0 Å². The summed E-state index contributed by atoms with van der Waals surface area (Å²) in [5, 5.41) is 1.34. The van der Waals surface area contributed by atoms with E-state index in [4.69, 9.17) is 4.74 Å². The first-order valence-electron chi connectivity index (χ1n) is 7.68. The SMILES string of the molecule is CN(CCC1CCCCO1)Cc1cccc2[nH]ccc12. The number of H-pyrrole nitrogens is 1. The summed E-state index contributed by atoms with van der Waals surface area (Å²) in [4.78, 5) is 5.68. The van der Waals surface area contributed by atoms with Crippen molar-refractivity contribution in [3.63, 3.8) is 0 Å². The Balaban J connectivity index is 1.55. The number of nitrogens with one attached hydrogen (secondary N) is 1. The zero-order valence-corrected chi connectivity index (χ0v) is 12.3. The molecule has 3 nitrogen and oxygen atoms in total. The molecule has 0 spiro atoms. The number of hydrogen-bond donors (Lipinski definition) is 1. The standard InChI is InChI=1S/C17H24N2O/c1-19(11-9-15-6-2-3-12-20-15)13-14-5-4-7-17-16(14)8-10-18-17/h4-5,7-8,10,15,18H,2-3,6,9,11-13H2,1H3. The van der Waals surface area contributed by atoms with Gasteiger partial charge in [0, 0.05) is 36.8 Å². The molecule has 1 unspecified atom stereocenters. The number of ether oxygens (including phenoxy) is 1. The minimum Gasteiger partial charge on any atom is -0.378 e. The summed E-state index contributed by atoms with van der Waals surface area (Å²) in [7, 11) is 2.20. The highest BCUT2D eigenvalue weighted by molar-refractivity contribution is 5.82. The average Bonchev–Trinajstić information content (AvgIpc) is 2.96. The summed E-state index contributed by atoms with van der Waals surface area (Å²) in [5.41, 5.74) is 2.63. The van der Waals surface area contributed by atoms with Gasteiger partial charge in [-0.05, 0) is 50.4 Å². The fourth-order valence-corrected chi connectivity index (χ4v) is 3.06. The van der Waals surface area contributed by atoms with E-state index in [0.717, 1.165) is 26.1 Å². The van der Waals surface area contributed by atoms with Crippen LogP contribution in [0.25, 0.3) is 10.9 Å². The van der Waals surface area contributed by atoms with E-state index >= 15 is 0 Å². The Bertz CT molecular complexity index is 543. The van der Waals surface area contributed by atoms with Crippen LogP contribution in [0.1, 0.15) is 31.2 Å². The maximum atomic E-state index is 5.80. The van der Waals surface area contributed by atoms with Crippen molar-refractivity contribution in [1.29, 1.82) is 0 Å². The number of hydrogen-bond acceptors (Lipinski definition) is 2. The van der Waals surface area contributed by atoms with E-state index in [1.54, 1.807) is 0 Å². The lowest BCUT2D eigenvalue weighted by molar-refractivity contribution is 0.00642. The smallest absolute Gasteiger partial charge is 0.0587 e. The maximum Gasteiger partial charge on any atom is 0.0587 e. The molecule has 3 rings (SSSR count). The van der Waals surface area contributed by atoms with Gasteiger partial charge in [-0.25, -0.2) is 0 Å². The van der Waals surface area contributed by atoms with E-state index < -0.39 is 0 Å². The van der Waals surface area contributed by atoms with Gasteiger partial charge in [0.2, 0.25) is 0 Å². The fourth-order valence-electron chi connectivity index (χ4n) is 3.06. The van der Waals surface area contributed by atoms with Gasteiger partial charge in [0.1, 0.15) is 0 Å². The highest BCUT2D eigenvalue weighted by Gasteiger charge is 2.14. The van der Waals surface area contributed by atoms with Crippen LogP contribution in [-0.2, 0) is 11.3 Å². The predicted molar refractivity (Wildman–Crippen MR) is 82.8 cm³/mol. The van der Waals surface area contributed by atoms with E-state index in [1.807, 2.05) is 6.20 Å². The Morgan fingerprint density at radius 1 is 1.30 bits per heavy atom. The highest BCUT2D eigenvalue weighted by atomic mass is 16.5. The first-order valence-corrected chi connectivity index (χ1v) is 7.68. The molecule has 1 aliphatic rings. The maximum absolute atomic E-state index is 5.80. The molecule has 1 atom stereocenters. The Labute approximate surface area is 120 Å². The second-order valence-corrected chi connectivity index (χ2v) is 5.87. The second kappa shape index (κ2) is 6.42. The van der Waals surface area contributed by atoms with Crippen LogP contribution in [-0.4, -0.2) is 36.2 Å². The van der Waals surface area contributed by atoms with Gasteiger partial charge in [0.15, 0.2) is 0 Å². The minimum absolute atomic E-state index is 0.481. The van der Waals surface area contributed by atoms with Crippen molar-refractivity contribution in [2.75, 3.05) is 20.2 Å². The predicted octanol–water partition coefficient (Wildman–Crippen LogP) is 3.56. The molecule has 0 bridgehead atoms. The summed E-state index contributed by atoms with van der Waals surface area (Å²) in [6.07, 6.45) is 7.46. The van der Waals surface area contributed by atoms with Gasteiger partial charge >= 0.3 is 0 Å². The van der Waals surface area contributed by atoms with Gasteiger partial charge in [0.05, 0.1) is 6.10 Å². The summed E-state index contributed by atoms with van der Waals surface area (Å²) in [5.74, 6) is 0. The van der Waals surface area contributed by atoms with Crippen LogP contribution in [0.2, 0.25) is 0 Å². The lowest BCUT2D eigenvalue weighted by atomic mass is 10.1. The highest BCUT2D eigenvalue weighted by Crippen LogP contribution is 2.20. The van der Waals surface area contributed by atoms with Gasteiger partial charge in [-0.15, -0.1) is 0 Å². The Hall–Kier alpha value is -1.32. The molecule has 0 amide bonds. The van der Waals surface area contributed by atoms with E-state index in [-0.39, 0.29) is 0 Å². The molecular weight excluding hydrogens is 248 g/mol. The number of nitrogens with zero attached hydrogens (tertiary/aromatic N) is 1. The first-order chi connectivity index (χ1) is 9.83. The molecule has 0 radical (unpaired) electrons. The Morgan fingerprint density at radius 2 is 2.25 bits per heavy atom. The van der Waals surface area contributed by atoms with Crippen LogP contribution >= 0.6 is 0 Å². The fraction of sp³-hybridized carbons (Fsp3) is 0.529. The van der Waals surface area contributed by atoms with Crippen molar-refractivity contribution in [3.05, 3.63) is 36.0 Å². The molecule has 2 aromatic rings. The van der Waals surface area contributed by atoms with Gasteiger partial charge < -0.3 is 14.6 Å². The van der Waals surface area contributed by atoms with Crippen LogP contribution in [0.5, 0.6) is 0 Å². The monoisotopic (exact) mass is 272 g/mol. The van der Waals surface area contributed by atoms with Crippen molar-refractivity contribution >= 4 is 10.9 Å². The lowest BCUT2D eigenvalue weighted by Gasteiger charge is -2.25. The Morgan fingerprint density at radius 3 is 3.10 bits per heavy atom. The van der Waals surface area contributed by atoms with Crippen molar-refractivity contribution in [2.24, 2.45) is 0 Å². The number of fused-ring (bicyclic) bond motifs is 1. The molecule has 1 saturated heterocycles. The molecular formula is C17H24N2O. The van der Waals surface area contributed by atoms with Gasteiger partial charge in [-0.1, -0.05) is 12.1 Å². The molecule has 1 aromatic carbocycles. The third-order valence-electron chi connectivity index (χ3n) is 4.23. The number of aromatic nitrogens is 1. The van der Waals surface area contributed by atoms with Crippen molar-refractivity contribution in [1.82, 2.24) is 9.88 Å². The largest absolute Gasteiger partial charge is 0.378 e. The second-order valence-electron chi connectivity index (χ2n) is 5.87. The normalized spacial score (nSPS) is 19.8. The minimum atomic E-state index is 0.481. The average molecular weight is 272 g/mol. The zero-order chi connectivity index (χ0) is 13.8. The molecule has 1 aliphatic heterocycles. The molecule has 0 aliphatic carbocycles. The molecule has 2 heterocycles. The van der Waals surface area contributed by atoms with Crippen LogP contribution in [0.15, 0.2) is 30.5 Å². The zero-order valence-electron chi connectivity index (χ0n) is 12.3. The van der Waals surface area contributed by atoms with E-state index in [0.29, 0.717) is 6.10 Å². The van der Waals surface area contributed by atoms with Crippen molar-refractivity contribution in [3.8, 4) is 0 Å². The van der Waals surface area contributed by atoms with Crippen LogP contribution in [0, 0.1) is 0 Å². The third kappa shape index (κ3) is 3.22. The summed E-state index contributed by atoms with van der Waals surface area (Å²) < 4.78 is 5.80. The number of benzene rings is 1. The molecule has 1 fully saturated rings. The molecule has 3 heteroatoms. The topological polar surface area (TPSA) is 28.3 Å². The molecule has 0 saturated carbocycles. The lowest BCUT2D eigenvalue weighted by Crippen LogP contribution is -2.26. The molecule has 1 aromatic heterocycles. The molecule has 1 N–H and O–H groups in total. The van der Waals surface area contributed by atoms with Gasteiger partial charge in [0.25, 0.3) is 0 Å². The van der Waals surface area contributed by atoms with E-state index in [1.165, 1.54) is 35.7 Å². The van der Waals surface area contributed by atoms with Gasteiger partial charge in [-0.2, -0.15) is 0 Å². The Kier molecular flexibility index (Phi) is 4.38. The number of rotatable bonds is 5. The molecule has 20 heavy (non-hydrogen) atoms. The van der Waals surface area contributed by atoms with E-state index in [2.05, 4.69) is 41.2 Å². The molecule has 108 valence electrons. The van der Waals surface area contributed by atoms with Crippen LogP contribution < -0.4 is 0 Å². The van der Waals surface area contributed by atoms with Crippen LogP contribution in [0.3, 0.4) is 0 Å². The quantitative estimate of drug-likeness (QED) is 0.901. The third-order valence-corrected chi connectivity index (χ3v) is 4.23.